The number of aromatic nitrogens is 1. The van der Waals surface area contributed by atoms with Crippen LogP contribution in [0.3, 0.4) is 0 Å². The van der Waals surface area contributed by atoms with Crippen LogP contribution in [-0.2, 0) is 20.7 Å². The number of imide groups is 1. The summed E-state index contributed by atoms with van der Waals surface area (Å²) in [5.74, 6) is -0.829. The van der Waals surface area contributed by atoms with Gasteiger partial charge in [-0.15, -0.1) is 0 Å². The maximum Gasteiger partial charge on any atom is 0.417 e. The number of nitrogens with zero attached hydrogens (tertiary/aromatic N) is 2. The van der Waals surface area contributed by atoms with Gasteiger partial charge in [0.2, 0.25) is 11.8 Å². The first-order valence-electron chi connectivity index (χ1n) is 14.6. The molecule has 0 spiro atoms. The number of carbonyl (C=O) groups is 3. The molecule has 3 rings (SSSR count). The van der Waals surface area contributed by atoms with Gasteiger partial charge in [-0.25, -0.2) is 19.5 Å². The molecule has 4 N–H and O–H groups in total. The molecule has 240 valence electrons. The quantitative estimate of drug-likeness (QED) is 0.219. The minimum absolute atomic E-state index is 0.0863. The van der Waals surface area contributed by atoms with E-state index in [0.717, 1.165) is 10.5 Å². The zero-order chi connectivity index (χ0) is 32.7. The van der Waals surface area contributed by atoms with Crippen molar-refractivity contribution >= 4 is 40.8 Å². The fraction of sp³-hybridized carbons (Fsp3) is 0.500. The molecule has 12 heteroatoms. The molecule has 44 heavy (non-hydrogen) atoms. The molecule has 1 heterocycles. The lowest BCUT2D eigenvalue weighted by Crippen LogP contribution is -2.55. The van der Waals surface area contributed by atoms with Gasteiger partial charge in [0.1, 0.15) is 16.7 Å². The Hall–Kier alpha value is -3.67. The van der Waals surface area contributed by atoms with Crippen LogP contribution in [0.25, 0.3) is 11.1 Å². The molecule has 3 atom stereocenters. The first-order valence-corrected chi connectivity index (χ1v) is 15.0. The Bertz CT molecular complexity index is 1420. The van der Waals surface area contributed by atoms with Gasteiger partial charge in [0.05, 0.1) is 12.1 Å². The molecule has 1 aromatic heterocycles. The number of oxazole rings is 1. The monoisotopic (exact) mass is 630 g/mol. The molecule has 11 nitrogen and oxygen atoms in total. The highest BCUT2D eigenvalue weighted by Gasteiger charge is 2.41. The average Bonchev–Trinajstić information content (AvgIpc) is 3.34. The van der Waals surface area contributed by atoms with Gasteiger partial charge in [-0.1, -0.05) is 41.9 Å². The van der Waals surface area contributed by atoms with E-state index < -0.39 is 47.5 Å². The second-order valence-electron chi connectivity index (χ2n) is 12.6. The summed E-state index contributed by atoms with van der Waals surface area (Å²) in [6.45, 7) is 10.5. The van der Waals surface area contributed by atoms with Crippen LogP contribution in [-0.4, -0.2) is 62.9 Å². The van der Waals surface area contributed by atoms with Gasteiger partial charge in [0.25, 0.3) is 0 Å². The van der Waals surface area contributed by atoms with Crippen LogP contribution in [0.5, 0.6) is 0 Å². The molecule has 3 aromatic rings. The number of benzene rings is 2. The number of hydrogen-bond donors (Lipinski definition) is 3. The number of alkyl carbamates (subject to hydrolysis) is 1. The third-order valence-electron chi connectivity index (χ3n) is 6.39. The Labute approximate surface area is 263 Å². The van der Waals surface area contributed by atoms with Crippen LogP contribution in [0.15, 0.2) is 52.9 Å². The number of aliphatic hydroxyl groups is 1. The smallest absolute Gasteiger partial charge is 0.417 e. The Kier molecular flexibility index (Phi) is 11.8. The number of aliphatic hydroxyl groups excluding tert-OH is 1. The Morgan fingerprint density at radius 2 is 1.68 bits per heavy atom. The summed E-state index contributed by atoms with van der Waals surface area (Å²) in [4.78, 5) is 44.8. The highest BCUT2D eigenvalue weighted by Crippen LogP contribution is 2.30. The van der Waals surface area contributed by atoms with Gasteiger partial charge in [-0.05, 0) is 91.0 Å². The molecular formula is C32H43ClN4O7. The van der Waals surface area contributed by atoms with Crippen LogP contribution in [0.1, 0.15) is 78.4 Å². The average molecular weight is 631 g/mol. The van der Waals surface area contributed by atoms with Crippen molar-refractivity contribution in [2.75, 3.05) is 6.54 Å². The maximum absolute atomic E-state index is 13.9. The zero-order valence-corrected chi connectivity index (χ0v) is 26.9. The molecular weight excluding hydrogens is 588 g/mol. The maximum atomic E-state index is 13.9. The van der Waals surface area contributed by atoms with Crippen LogP contribution in [0.2, 0.25) is 5.02 Å². The molecule has 0 aliphatic rings. The first-order chi connectivity index (χ1) is 20.5. The van der Waals surface area contributed by atoms with Crippen LogP contribution < -0.4 is 11.1 Å². The van der Waals surface area contributed by atoms with Crippen molar-refractivity contribution in [1.29, 1.82) is 0 Å². The number of carbonyl (C=O) groups excluding carboxylic acids is 3. The van der Waals surface area contributed by atoms with Gasteiger partial charge in [0, 0.05) is 11.6 Å². The lowest BCUT2D eigenvalue weighted by molar-refractivity contribution is -0.137. The van der Waals surface area contributed by atoms with Crippen molar-refractivity contribution in [3.8, 4) is 0 Å². The highest BCUT2D eigenvalue weighted by molar-refractivity contribution is 6.31. The summed E-state index contributed by atoms with van der Waals surface area (Å²) in [6.07, 6.45) is -2.02. The number of aryl methyl sites for hydroxylation is 1. The summed E-state index contributed by atoms with van der Waals surface area (Å²) in [5, 5.41) is 14.7. The van der Waals surface area contributed by atoms with E-state index in [1.807, 2.05) is 30.3 Å². The number of ether oxygens (including phenoxy) is 2. The lowest BCUT2D eigenvalue weighted by atomic mass is 9.98. The number of halogens is 1. The minimum atomic E-state index is -1.51. The molecule has 1 unspecified atom stereocenters. The third kappa shape index (κ3) is 10.5. The predicted octanol–water partition coefficient (Wildman–Crippen LogP) is 5.91. The molecule has 0 aliphatic carbocycles. The van der Waals surface area contributed by atoms with E-state index in [2.05, 4.69) is 10.3 Å². The van der Waals surface area contributed by atoms with Crippen LogP contribution >= 0.6 is 11.6 Å². The van der Waals surface area contributed by atoms with E-state index >= 15 is 0 Å². The molecule has 0 bridgehead atoms. The van der Waals surface area contributed by atoms with Crippen molar-refractivity contribution in [1.82, 2.24) is 15.2 Å². The van der Waals surface area contributed by atoms with E-state index in [-0.39, 0.29) is 25.3 Å². The van der Waals surface area contributed by atoms with Gasteiger partial charge >= 0.3 is 12.2 Å². The molecule has 3 amide bonds. The number of nitrogens with one attached hydrogen (secondary N) is 1. The fourth-order valence-electron chi connectivity index (χ4n) is 4.43. The Morgan fingerprint density at radius 1 is 1.02 bits per heavy atom. The standard InChI is InChI=1S/C32H43ClN4O7/c1-31(2,3)43-29(40)35-18-10-13-22(34)28(39)37(30(41)44-32(4,5)6)24(16-14-20-11-8-7-9-12-20)26(38)27-36-23-19-21(33)15-17-25(23)42-27/h7-9,11-12,15,17,19,22,24,26,38H,10,13-14,16,18,34H2,1-6H3,(H,35,40)/t22-,24-,26?/m1/s1. The van der Waals surface area contributed by atoms with Gasteiger partial charge in [-0.2, -0.15) is 0 Å². The zero-order valence-electron chi connectivity index (χ0n) is 26.1. The van der Waals surface area contributed by atoms with Crippen molar-refractivity contribution in [3.05, 3.63) is 65.0 Å². The topological polar surface area (TPSA) is 157 Å². The lowest BCUT2D eigenvalue weighted by Gasteiger charge is -2.35. The number of fused-ring (bicyclic) bond motifs is 1. The Morgan fingerprint density at radius 3 is 2.32 bits per heavy atom. The van der Waals surface area contributed by atoms with Crippen LogP contribution in [0.4, 0.5) is 9.59 Å². The minimum Gasteiger partial charge on any atom is -0.444 e. The number of nitrogens with two attached hydrogens (primary N) is 1. The molecule has 2 aromatic carbocycles. The number of amides is 3. The molecule has 0 fully saturated rings. The normalized spacial score (nSPS) is 14.0. The summed E-state index contributed by atoms with van der Waals surface area (Å²) in [5.41, 5.74) is 6.46. The predicted molar refractivity (Wildman–Crippen MR) is 167 cm³/mol. The van der Waals surface area contributed by atoms with Crippen molar-refractivity contribution in [2.24, 2.45) is 5.73 Å². The first kappa shape index (κ1) is 34.8. The molecule has 0 radical (unpaired) electrons. The van der Waals surface area contributed by atoms with E-state index in [0.29, 0.717) is 29.0 Å². The van der Waals surface area contributed by atoms with E-state index in [1.165, 1.54) is 0 Å². The second kappa shape index (κ2) is 14.9. The van der Waals surface area contributed by atoms with Crippen LogP contribution in [0, 0.1) is 0 Å². The molecule has 0 saturated heterocycles. The fourth-order valence-corrected chi connectivity index (χ4v) is 4.59. The summed E-state index contributed by atoms with van der Waals surface area (Å²) < 4.78 is 16.7. The van der Waals surface area contributed by atoms with E-state index in [1.54, 1.807) is 59.7 Å². The highest BCUT2D eigenvalue weighted by atomic mass is 35.5. The SMILES string of the molecule is CC(C)(C)OC(=O)NCCC[C@@H](N)C(=O)N(C(=O)OC(C)(C)C)[C@H](CCc1ccccc1)C(O)c1nc2cc(Cl)ccc2o1. The molecule has 0 saturated carbocycles. The largest absolute Gasteiger partial charge is 0.444 e. The summed E-state index contributed by atoms with van der Waals surface area (Å²) >= 11 is 6.11. The van der Waals surface area contributed by atoms with Crippen molar-refractivity contribution in [2.45, 2.75) is 96.6 Å². The number of hydrogen-bond acceptors (Lipinski definition) is 9. The Balaban J connectivity index is 1.89. The summed E-state index contributed by atoms with van der Waals surface area (Å²) in [7, 11) is 0. The van der Waals surface area contributed by atoms with E-state index in [9.17, 15) is 19.5 Å². The second-order valence-corrected chi connectivity index (χ2v) is 13.0. The van der Waals surface area contributed by atoms with Gasteiger partial charge < -0.3 is 30.0 Å². The summed E-state index contributed by atoms with van der Waals surface area (Å²) in [6, 6.07) is 12.0. The van der Waals surface area contributed by atoms with Crippen molar-refractivity contribution < 1.29 is 33.4 Å². The molecule has 0 aliphatic heterocycles. The van der Waals surface area contributed by atoms with Gasteiger partial charge in [0.15, 0.2) is 11.7 Å². The number of rotatable bonds is 11. The van der Waals surface area contributed by atoms with Gasteiger partial charge in [-0.3, -0.25) is 4.79 Å². The third-order valence-corrected chi connectivity index (χ3v) is 6.63. The van der Waals surface area contributed by atoms with Crippen molar-refractivity contribution in [3.63, 3.8) is 0 Å². The van der Waals surface area contributed by atoms with E-state index in [4.69, 9.17) is 31.2 Å².